The van der Waals surface area contributed by atoms with E-state index in [1.807, 2.05) is 6.07 Å². The van der Waals surface area contributed by atoms with Crippen molar-refractivity contribution in [2.75, 3.05) is 6.54 Å². The van der Waals surface area contributed by atoms with E-state index in [1.165, 1.54) is 12.5 Å². The number of aliphatic hydroxyl groups is 1. The van der Waals surface area contributed by atoms with E-state index in [4.69, 9.17) is 0 Å². The van der Waals surface area contributed by atoms with Crippen LogP contribution in [0.3, 0.4) is 0 Å². The van der Waals surface area contributed by atoms with Gasteiger partial charge in [-0.25, -0.2) is 0 Å². The van der Waals surface area contributed by atoms with Gasteiger partial charge in [-0.1, -0.05) is 31.0 Å². The number of benzene rings is 1. The molecule has 2 rings (SSSR count). The van der Waals surface area contributed by atoms with Gasteiger partial charge in [0, 0.05) is 18.2 Å². The van der Waals surface area contributed by atoms with Crippen LogP contribution >= 0.6 is 0 Å². The Morgan fingerprint density at radius 1 is 1.29 bits per heavy atom. The van der Waals surface area contributed by atoms with Crippen molar-refractivity contribution in [1.29, 1.82) is 0 Å². The normalized spacial score (nSPS) is 22.1. The summed E-state index contributed by atoms with van der Waals surface area (Å²) in [6.07, 6.45) is 6.35. The van der Waals surface area contributed by atoms with Crippen molar-refractivity contribution in [3.63, 3.8) is 0 Å². The van der Waals surface area contributed by atoms with E-state index in [0.29, 0.717) is 12.5 Å². The number of rotatable bonds is 7. The lowest BCUT2D eigenvalue weighted by atomic mass is 9.83. The topological polar surface area (TPSA) is 75.4 Å². The first-order chi connectivity index (χ1) is 10.2. The maximum atomic E-state index is 10.9. The molecule has 1 aromatic carbocycles. The largest absolute Gasteiger partial charge is 0.393 e. The van der Waals surface area contributed by atoms with Crippen LogP contribution < -0.4 is 5.32 Å². The second kappa shape index (κ2) is 8.10. The molecule has 2 unspecified atom stereocenters. The number of nitro benzene ring substituents is 1. The molecule has 0 heterocycles. The van der Waals surface area contributed by atoms with Gasteiger partial charge in [-0.05, 0) is 38.1 Å². The van der Waals surface area contributed by atoms with Crippen molar-refractivity contribution < 1.29 is 10.0 Å². The highest BCUT2D eigenvalue weighted by Gasteiger charge is 2.22. The fourth-order valence-corrected chi connectivity index (χ4v) is 3.08. The van der Waals surface area contributed by atoms with Gasteiger partial charge in [0.05, 0.1) is 11.0 Å². The molecular weight excluding hydrogens is 268 g/mol. The van der Waals surface area contributed by atoms with E-state index >= 15 is 0 Å². The van der Waals surface area contributed by atoms with Crippen LogP contribution in [0.1, 0.15) is 44.1 Å². The highest BCUT2D eigenvalue weighted by Crippen LogP contribution is 2.27. The van der Waals surface area contributed by atoms with Crippen LogP contribution in [0.2, 0.25) is 0 Å². The molecule has 0 bridgehead atoms. The molecule has 116 valence electrons. The van der Waals surface area contributed by atoms with Crippen LogP contribution in [0, 0.1) is 16.0 Å². The van der Waals surface area contributed by atoms with Gasteiger partial charge in [-0.15, -0.1) is 0 Å². The molecule has 2 atom stereocenters. The van der Waals surface area contributed by atoms with Crippen molar-refractivity contribution in [1.82, 2.24) is 5.32 Å². The highest BCUT2D eigenvalue weighted by molar-refractivity contribution is 5.39. The number of para-hydroxylation sites is 1. The van der Waals surface area contributed by atoms with Gasteiger partial charge in [0.2, 0.25) is 0 Å². The molecule has 0 aliphatic heterocycles. The van der Waals surface area contributed by atoms with E-state index < -0.39 is 0 Å². The molecule has 1 fully saturated rings. The first kappa shape index (κ1) is 15.9. The molecule has 1 aliphatic carbocycles. The van der Waals surface area contributed by atoms with E-state index in [-0.39, 0.29) is 16.7 Å². The summed E-state index contributed by atoms with van der Waals surface area (Å²) >= 11 is 0. The second-order valence-corrected chi connectivity index (χ2v) is 5.82. The zero-order chi connectivity index (χ0) is 15.1. The Morgan fingerprint density at radius 2 is 2.05 bits per heavy atom. The molecule has 0 aromatic heterocycles. The Hall–Kier alpha value is -1.46. The molecule has 0 amide bonds. The van der Waals surface area contributed by atoms with Gasteiger partial charge in [-0.3, -0.25) is 10.1 Å². The minimum absolute atomic E-state index is 0.131. The van der Waals surface area contributed by atoms with Gasteiger partial charge in [0.25, 0.3) is 5.69 Å². The smallest absolute Gasteiger partial charge is 0.273 e. The van der Waals surface area contributed by atoms with Crippen LogP contribution in [0.5, 0.6) is 0 Å². The van der Waals surface area contributed by atoms with Crippen LogP contribution in [0.15, 0.2) is 24.3 Å². The average molecular weight is 292 g/mol. The molecule has 1 saturated carbocycles. The minimum Gasteiger partial charge on any atom is -0.393 e. The predicted octanol–water partition coefficient (Wildman–Crippen LogP) is 3.02. The molecule has 21 heavy (non-hydrogen) atoms. The molecular formula is C16H24N2O3. The van der Waals surface area contributed by atoms with E-state index in [0.717, 1.165) is 44.2 Å². The molecule has 0 radical (unpaired) electrons. The summed E-state index contributed by atoms with van der Waals surface area (Å²) in [7, 11) is 0. The standard InChI is InChI=1S/C16H24N2O3/c19-16-10-4-2-6-13(16)8-5-11-17-12-14-7-1-3-9-15(14)18(20)21/h1,3,7,9,13,16-17,19H,2,4-6,8,10-12H2. The Kier molecular flexibility index (Phi) is 6.14. The molecule has 2 N–H and O–H groups in total. The predicted molar refractivity (Wildman–Crippen MR) is 82.0 cm³/mol. The number of nitro groups is 1. The SMILES string of the molecule is O=[N+]([O-])c1ccccc1CNCCCC1CCCCC1O. The number of aliphatic hydroxyl groups excluding tert-OH is 1. The molecule has 5 nitrogen and oxygen atoms in total. The molecule has 1 aliphatic rings. The van der Waals surface area contributed by atoms with E-state index in [1.54, 1.807) is 12.1 Å². The number of nitrogens with one attached hydrogen (secondary N) is 1. The van der Waals surface area contributed by atoms with Gasteiger partial charge >= 0.3 is 0 Å². The Balaban J connectivity index is 1.69. The Morgan fingerprint density at radius 3 is 2.81 bits per heavy atom. The highest BCUT2D eigenvalue weighted by atomic mass is 16.6. The average Bonchev–Trinajstić information content (AvgIpc) is 2.49. The molecule has 0 spiro atoms. The van der Waals surface area contributed by atoms with Crippen molar-refractivity contribution in [2.45, 2.75) is 51.2 Å². The summed E-state index contributed by atoms with van der Waals surface area (Å²) in [4.78, 5) is 10.6. The summed E-state index contributed by atoms with van der Waals surface area (Å²) in [5.74, 6) is 0.437. The van der Waals surface area contributed by atoms with Gasteiger partial charge < -0.3 is 10.4 Å². The van der Waals surface area contributed by atoms with Crippen LogP contribution in [0.4, 0.5) is 5.69 Å². The maximum Gasteiger partial charge on any atom is 0.273 e. The fourth-order valence-electron chi connectivity index (χ4n) is 3.08. The lowest BCUT2D eigenvalue weighted by molar-refractivity contribution is -0.385. The molecule has 1 aromatic rings. The van der Waals surface area contributed by atoms with Crippen molar-refractivity contribution in [3.05, 3.63) is 39.9 Å². The summed E-state index contributed by atoms with van der Waals surface area (Å²) in [5, 5.41) is 24.1. The molecule has 5 heteroatoms. The summed E-state index contributed by atoms with van der Waals surface area (Å²) < 4.78 is 0. The fraction of sp³-hybridized carbons (Fsp3) is 0.625. The zero-order valence-electron chi connectivity index (χ0n) is 12.3. The van der Waals surface area contributed by atoms with Crippen molar-refractivity contribution in [2.24, 2.45) is 5.92 Å². The second-order valence-electron chi connectivity index (χ2n) is 5.82. The first-order valence-electron chi connectivity index (χ1n) is 7.79. The van der Waals surface area contributed by atoms with Gasteiger partial charge in [0.1, 0.15) is 0 Å². The first-order valence-corrected chi connectivity index (χ1v) is 7.79. The van der Waals surface area contributed by atoms with E-state index in [2.05, 4.69) is 5.32 Å². The van der Waals surface area contributed by atoms with Crippen molar-refractivity contribution in [3.8, 4) is 0 Å². The third kappa shape index (κ3) is 4.79. The number of hydrogen-bond acceptors (Lipinski definition) is 4. The quantitative estimate of drug-likeness (QED) is 0.460. The summed E-state index contributed by atoms with van der Waals surface area (Å²) in [5.41, 5.74) is 0.896. The van der Waals surface area contributed by atoms with Crippen molar-refractivity contribution >= 4 is 5.69 Å². The van der Waals surface area contributed by atoms with Crippen LogP contribution in [-0.4, -0.2) is 22.7 Å². The number of hydrogen-bond donors (Lipinski definition) is 2. The van der Waals surface area contributed by atoms with Crippen LogP contribution in [-0.2, 0) is 6.54 Å². The summed E-state index contributed by atoms with van der Waals surface area (Å²) in [6.45, 7) is 1.35. The Bertz CT molecular complexity index is 465. The van der Waals surface area contributed by atoms with Gasteiger partial charge in [-0.2, -0.15) is 0 Å². The van der Waals surface area contributed by atoms with E-state index in [9.17, 15) is 15.2 Å². The zero-order valence-corrected chi connectivity index (χ0v) is 12.3. The third-order valence-electron chi connectivity index (χ3n) is 4.30. The lowest BCUT2D eigenvalue weighted by Gasteiger charge is -2.27. The monoisotopic (exact) mass is 292 g/mol. The summed E-state index contributed by atoms with van der Waals surface area (Å²) in [6, 6.07) is 6.83. The van der Waals surface area contributed by atoms with Gasteiger partial charge in [0.15, 0.2) is 0 Å². The third-order valence-corrected chi connectivity index (χ3v) is 4.30. The lowest BCUT2D eigenvalue weighted by Crippen LogP contribution is -2.25. The van der Waals surface area contributed by atoms with Crippen LogP contribution in [0.25, 0.3) is 0 Å². The maximum absolute atomic E-state index is 10.9. The Labute approximate surface area is 125 Å². The molecule has 0 saturated heterocycles. The minimum atomic E-state index is -0.338. The number of nitrogens with zero attached hydrogens (tertiary/aromatic N) is 1.